The average Bonchev–Trinajstić information content (AvgIpc) is 3.33. The summed E-state index contributed by atoms with van der Waals surface area (Å²) in [5.74, 6) is 0. The molecule has 0 N–H and O–H groups in total. The summed E-state index contributed by atoms with van der Waals surface area (Å²) in [5.41, 5.74) is 11.8. The largest absolute Gasteiger partial charge is 0.456 e. The van der Waals surface area contributed by atoms with Crippen molar-refractivity contribution in [1.82, 2.24) is 0 Å². The van der Waals surface area contributed by atoms with Gasteiger partial charge in [0.15, 0.2) is 0 Å². The minimum absolute atomic E-state index is 0.711. The Kier molecular flexibility index (Phi) is 17.7. The monoisotopic (exact) mass is 596 g/mol. The molecule has 1 aromatic heterocycles. The smallest absolute Gasteiger partial charge is 0.143 e. The lowest BCUT2D eigenvalue weighted by Crippen LogP contribution is -2.17. The third kappa shape index (κ3) is 14.0. The number of hydrogen-bond donors (Lipinski definition) is 0. The number of allylic oxidation sites excluding steroid dienone is 5. The summed E-state index contributed by atoms with van der Waals surface area (Å²) < 4.78 is 5.94. The molecule has 0 aliphatic carbocycles. The maximum absolute atomic E-state index is 5.94. The van der Waals surface area contributed by atoms with Crippen molar-refractivity contribution in [2.24, 2.45) is 0 Å². The number of aryl methyl sites for hydroxylation is 5. The fraction of sp³-hybridized carbons (Fsp3) is 0.182. The van der Waals surface area contributed by atoms with Crippen molar-refractivity contribution in [3.63, 3.8) is 0 Å². The summed E-state index contributed by atoms with van der Waals surface area (Å²) >= 11 is 0. The summed E-state index contributed by atoms with van der Waals surface area (Å²) in [6.07, 6.45) is 9.82. The lowest BCUT2D eigenvalue weighted by molar-refractivity contribution is 0.578. The maximum Gasteiger partial charge on any atom is 0.143 e. The molecule has 0 aliphatic rings. The van der Waals surface area contributed by atoms with Gasteiger partial charge in [0.1, 0.15) is 11.0 Å². The second-order valence-electron chi connectivity index (χ2n) is 11.0. The van der Waals surface area contributed by atoms with Gasteiger partial charge in [-0.3, -0.25) is 0 Å². The molecule has 4 aromatic carbocycles. The molecule has 0 aliphatic heterocycles. The van der Waals surface area contributed by atoms with Gasteiger partial charge in [0, 0.05) is 16.2 Å². The Morgan fingerprint density at radius 3 is 1.53 bits per heavy atom. The number of benzene rings is 4. The van der Waals surface area contributed by atoms with Crippen molar-refractivity contribution in [3.05, 3.63) is 179 Å². The van der Waals surface area contributed by atoms with E-state index in [1.165, 1.54) is 33.4 Å². The minimum atomic E-state index is 0.711. The predicted octanol–water partition coefficient (Wildman–Crippen LogP) is 11.7. The van der Waals surface area contributed by atoms with Crippen LogP contribution in [0.1, 0.15) is 48.6 Å². The van der Waals surface area contributed by atoms with Crippen LogP contribution in [0, 0.1) is 34.6 Å². The molecule has 5 aromatic rings. The Hall–Kier alpha value is -4.88. The predicted molar refractivity (Wildman–Crippen MR) is 203 cm³/mol. The standard InChI is InChI=1S/C20H18O.2C8H10.C6H10.C2H4/c1-4-5-7-17-15(3)21-20-18(8-6-9-19(17)20)16-12-10-14(2)11-13-16;2*1-7-4-3-5-8(2)6-7;1-4-5-6(2)3;1-2/h4-13H,3H2,1-2H3;2*3-6H,1-2H3;4-5H,1H2,2-3H3;1-2H2/b5-4-,17-7+;;;;. The first-order valence-corrected chi connectivity index (χ1v) is 15.3. The fourth-order valence-electron chi connectivity index (χ4n) is 4.37. The van der Waals surface area contributed by atoms with E-state index in [0.29, 0.717) is 5.42 Å². The Morgan fingerprint density at radius 2 is 1.16 bits per heavy atom. The highest BCUT2D eigenvalue weighted by Gasteiger charge is 2.08. The van der Waals surface area contributed by atoms with Gasteiger partial charge in [-0.1, -0.05) is 168 Å². The summed E-state index contributed by atoms with van der Waals surface area (Å²) in [6, 6.07) is 31.6. The Balaban J connectivity index is 0.000000347. The summed E-state index contributed by atoms with van der Waals surface area (Å²) in [4.78, 5) is 0. The van der Waals surface area contributed by atoms with Crippen LogP contribution in [0.15, 0.2) is 145 Å². The van der Waals surface area contributed by atoms with Gasteiger partial charge in [-0.05, 0) is 61.0 Å². The maximum atomic E-state index is 5.94. The highest BCUT2D eigenvalue weighted by molar-refractivity contribution is 5.93. The first-order chi connectivity index (χ1) is 21.5. The van der Waals surface area contributed by atoms with Crippen molar-refractivity contribution < 1.29 is 4.42 Å². The van der Waals surface area contributed by atoms with Gasteiger partial charge in [0.25, 0.3) is 0 Å². The van der Waals surface area contributed by atoms with Gasteiger partial charge in [-0.2, -0.15) is 0 Å². The Morgan fingerprint density at radius 1 is 0.667 bits per heavy atom. The van der Waals surface area contributed by atoms with Crippen LogP contribution in [0.3, 0.4) is 0 Å². The lowest BCUT2D eigenvalue weighted by atomic mass is 10.0. The van der Waals surface area contributed by atoms with Gasteiger partial charge >= 0.3 is 0 Å². The van der Waals surface area contributed by atoms with Gasteiger partial charge < -0.3 is 4.42 Å². The van der Waals surface area contributed by atoms with Gasteiger partial charge in [0.05, 0.1) is 0 Å². The molecule has 0 spiro atoms. The quantitative estimate of drug-likeness (QED) is 0.149. The highest BCUT2D eigenvalue weighted by atomic mass is 16.3. The number of hydrogen-bond acceptors (Lipinski definition) is 1. The van der Waals surface area contributed by atoms with Crippen molar-refractivity contribution in [2.75, 3.05) is 0 Å². The van der Waals surface area contributed by atoms with E-state index >= 15 is 0 Å². The summed E-state index contributed by atoms with van der Waals surface area (Å²) in [5, 5.41) is 2.16. The van der Waals surface area contributed by atoms with Crippen LogP contribution in [0.5, 0.6) is 0 Å². The third-order valence-corrected chi connectivity index (χ3v) is 6.45. The molecule has 0 saturated carbocycles. The molecule has 0 amide bonds. The summed E-state index contributed by atoms with van der Waals surface area (Å²) in [7, 11) is 0. The number of fused-ring (bicyclic) bond motifs is 1. The number of furan rings is 1. The molecular formula is C44H52O. The van der Waals surface area contributed by atoms with Crippen LogP contribution >= 0.6 is 0 Å². The fourth-order valence-corrected chi connectivity index (χ4v) is 4.37. The van der Waals surface area contributed by atoms with Crippen LogP contribution in [0.25, 0.3) is 34.8 Å². The Labute approximate surface area is 273 Å². The van der Waals surface area contributed by atoms with Gasteiger partial charge in [0.2, 0.25) is 0 Å². The highest BCUT2D eigenvalue weighted by Crippen LogP contribution is 2.27. The first-order valence-electron chi connectivity index (χ1n) is 15.3. The zero-order valence-corrected chi connectivity index (χ0v) is 28.8. The molecule has 1 heterocycles. The van der Waals surface area contributed by atoms with Crippen LogP contribution in [-0.2, 0) is 0 Å². The lowest BCUT2D eigenvalue weighted by Gasteiger charge is -2.03. The van der Waals surface area contributed by atoms with E-state index in [9.17, 15) is 0 Å². The molecule has 234 valence electrons. The van der Waals surface area contributed by atoms with E-state index in [1.54, 1.807) is 6.08 Å². The van der Waals surface area contributed by atoms with Crippen LogP contribution in [-0.4, -0.2) is 0 Å². The van der Waals surface area contributed by atoms with Crippen molar-refractivity contribution in [1.29, 1.82) is 0 Å². The normalized spacial score (nSPS) is 10.2. The van der Waals surface area contributed by atoms with E-state index in [4.69, 9.17) is 4.42 Å². The average molecular weight is 597 g/mol. The zero-order valence-electron chi connectivity index (χ0n) is 28.8. The van der Waals surface area contributed by atoms with Gasteiger partial charge in [-0.15, -0.1) is 13.2 Å². The molecule has 0 atom stereocenters. The van der Waals surface area contributed by atoms with Crippen LogP contribution in [0.4, 0.5) is 0 Å². The van der Waals surface area contributed by atoms with E-state index in [0.717, 1.165) is 27.3 Å². The molecule has 45 heavy (non-hydrogen) atoms. The number of para-hydroxylation sites is 1. The van der Waals surface area contributed by atoms with Crippen molar-refractivity contribution in [3.8, 4) is 11.1 Å². The van der Waals surface area contributed by atoms with E-state index in [2.05, 4.69) is 152 Å². The zero-order chi connectivity index (χ0) is 33.8. The second-order valence-corrected chi connectivity index (χ2v) is 11.0. The van der Waals surface area contributed by atoms with E-state index < -0.39 is 0 Å². The van der Waals surface area contributed by atoms with Crippen LogP contribution < -0.4 is 10.6 Å². The first kappa shape index (κ1) is 38.1. The molecular weight excluding hydrogens is 544 g/mol. The topological polar surface area (TPSA) is 13.1 Å². The Bertz CT molecular complexity index is 1690. The van der Waals surface area contributed by atoms with Crippen LogP contribution in [0.2, 0.25) is 0 Å². The molecule has 0 radical (unpaired) electrons. The molecule has 5 rings (SSSR count). The second kappa shape index (κ2) is 20.9. The van der Waals surface area contributed by atoms with Gasteiger partial charge in [-0.25, -0.2) is 0 Å². The van der Waals surface area contributed by atoms with E-state index in [1.807, 2.05) is 45.1 Å². The minimum Gasteiger partial charge on any atom is -0.456 e. The molecule has 1 nitrogen and oxygen atoms in total. The molecule has 0 fully saturated rings. The summed E-state index contributed by atoms with van der Waals surface area (Å²) in [6.45, 7) is 30.1. The SMILES string of the molecule is C=C.C=CC=C(C)C.C=c1oc2c(-c3ccc(C)cc3)cccc2/c1=C/C=C\C.Cc1cccc(C)c1.Cc1cccc(C)c1. The molecule has 1 heteroatoms. The van der Waals surface area contributed by atoms with Crippen molar-refractivity contribution >= 4 is 23.6 Å². The number of rotatable bonds is 3. The molecule has 0 bridgehead atoms. The molecule has 0 unspecified atom stereocenters. The van der Waals surface area contributed by atoms with E-state index in [-0.39, 0.29) is 0 Å². The molecule has 0 saturated heterocycles. The van der Waals surface area contributed by atoms with Crippen molar-refractivity contribution in [2.45, 2.75) is 55.4 Å². The third-order valence-electron chi connectivity index (χ3n) is 6.45.